The molecule has 0 unspecified atom stereocenters. The summed E-state index contributed by atoms with van der Waals surface area (Å²) < 4.78 is 5.66. The van der Waals surface area contributed by atoms with Crippen molar-refractivity contribution in [3.8, 4) is 5.75 Å². The van der Waals surface area contributed by atoms with E-state index in [1.165, 1.54) is 81.4 Å². The molecule has 1 aromatic rings. The number of allylic oxidation sites excluding steroid dienone is 49. The zero-order chi connectivity index (χ0) is 65.5. The van der Waals surface area contributed by atoms with Gasteiger partial charge in [0.05, 0.1) is 5.75 Å². The van der Waals surface area contributed by atoms with Crippen LogP contribution in [0, 0.1) is 54.0 Å². The Hall–Kier alpha value is 0.311. The van der Waals surface area contributed by atoms with Gasteiger partial charge >= 0.3 is 0 Å². The van der Waals surface area contributed by atoms with Crippen molar-refractivity contribution >= 4 is 5.57 Å². The third kappa shape index (κ3) is 59.7. The molecular weight excluding hydrogens is 1770 g/mol. The predicted molar refractivity (Wildman–Crippen MR) is 392 cm³/mol. The molecule has 0 N–H and O–H groups in total. The minimum Gasteiger partial charge on any atom is -0.486 e. The van der Waals surface area contributed by atoms with Gasteiger partial charge in [-0.1, -0.05) is 143 Å². The van der Waals surface area contributed by atoms with Crippen molar-refractivity contribution in [1.82, 2.24) is 0 Å². The molecular formula is C87H104OY8-8. The van der Waals surface area contributed by atoms with Gasteiger partial charge in [-0.25, -0.2) is 0 Å². The van der Waals surface area contributed by atoms with E-state index in [9.17, 15) is 0 Å². The average molecular weight is 1880 g/mol. The zero-order valence-corrected chi connectivity index (χ0v) is 83.0. The molecule has 0 saturated heterocycles. The van der Waals surface area contributed by atoms with Crippen LogP contribution in [0.25, 0.3) is 5.57 Å². The molecule has 5 aliphatic carbocycles. The number of para-hydroxylation sites is 1. The Balaban J connectivity index is -0.000000129. The number of rotatable bonds is 15. The smallest absolute Gasteiger partial charge is 0.0914 e. The molecule has 1 heterocycles. The fourth-order valence-electron chi connectivity index (χ4n) is 8.68. The van der Waals surface area contributed by atoms with E-state index in [-0.39, 0.29) is 262 Å². The van der Waals surface area contributed by atoms with E-state index in [0.717, 1.165) is 74.0 Å². The normalized spacial score (nSPS) is 17.8. The van der Waals surface area contributed by atoms with Crippen LogP contribution in [0.1, 0.15) is 152 Å². The predicted octanol–water partition coefficient (Wildman–Crippen LogP) is 25.3. The summed E-state index contributed by atoms with van der Waals surface area (Å²) in [5, 5.41) is 0. The molecule has 7 rings (SSSR count). The first-order chi connectivity index (χ1) is 42.7. The van der Waals surface area contributed by atoms with E-state index in [1.54, 1.807) is 24.3 Å². The first kappa shape index (κ1) is 115. The summed E-state index contributed by atoms with van der Waals surface area (Å²) in [5.74, 6) is 1.63. The fourth-order valence-corrected chi connectivity index (χ4v) is 8.68. The summed E-state index contributed by atoms with van der Waals surface area (Å²) in [6, 6.07) is 7.94. The first-order valence-electron chi connectivity index (χ1n) is 30.9. The van der Waals surface area contributed by atoms with Crippen LogP contribution in [0.3, 0.4) is 0 Å². The number of fused-ring (bicyclic) bond motifs is 1. The Morgan fingerprint density at radius 3 is 1.35 bits per heavy atom. The second kappa shape index (κ2) is 79.4. The number of hydrogen-bond acceptors (Lipinski definition) is 1. The van der Waals surface area contributed by atoms with E-state index in [0.29, 0.717) is 5.41 Å². The minimum absolute atomic E-state index is 0. The zero-order valence-electron chi connectivity index (χ0n) is 60.3. The molecule has 0 fully saturated rings. The molecule has 1 aliphatic heterocycles. The molecule has 8 radical (unpaired) electrons. The summed E-state index contributed by atoms with van der Waals surface area (Å²) >= 11 is 0. The number of benzene rings is 1. The van der Waals surface area contributed by atoms with Gasteiger partial charge in [-0.05, 0) is 62.8 Å². The number of hydrogen-bond donors (Lipinski definition) is 0. The van der Waals surface area contributed by atoms with Crippen LogP contribution >= 0.6 is 0 Å². The van der Waals surface area contributed by atoms with Crippen LogP contribution in [-0.2, 0) is 262 Å². The molecule has 96 heavy (non-hydrogen) atoms. The summed E-state index contributed by atoms with van der Waals surface area (Å²) in [5.41, 5.74) is 15.4. The summed E-state index contributed by atoms with van der Waals surface area (Å²) in [6.07, 6.45) is 97.6. The largest absolute Gasteiger partial charge is 0.486 e. The van der Waals surface area contributed by atoms with Gasteiger partial charge in [0.1, 0.15) is 0 Å². The van der Waals surface area contributed by atoms with Crippen LogP contribution in [0.15, 0.2) is 321 Å². The maximum absolute atomic E-state index is 5.66. The minimum atomic E-state index is 0. The first-order valence-corrected chi connectivity index (χ1v) is 30.9. The third-order valence-corrected chi connectivity index (χ3v) is 12.9. The van der Waals surface area contributed by atoms with Gasteiger partial charge < -0.3 is 4.74 Å². The second-order valence-electron chi connectivity index (χ2n) is 20.7. The van der Waals surface area contributed by atoms with Gasteiger partial charge in [-0.15, -0.1) is 92.6 Å². The standard InChI is InChI=1S/C15H13O.C14H19.C12H15.C11H13.C10H13.2C9H11.C7H9.8Y/c1-3-5-8-12-11-13(4-2)16-15-10-7-6-9-14(12)15;1-5-7-8-13-9-12(6-2)10-14(3,4)11-13;1-3-6-11-8-5-9-12(10-11)7-4-2;1-3-5-10-7-8-11(9-10)6-4-2;1-3-9-6-5-7-10(4-2)8-9;1-3-8-5-6-9(4-2)7-8;1-3-5-7-9-8-6-4-2;1-3-5-7-6-4-2;;;;;;;;/h3-10H,1H2,2H3;5-8H,1,10-11H2,2-4H3;3-4,6-7H,1,5,8-9H2,2H3;3-6H,1,7-8H2,2H3;3-4H,1,5-7H2,2H3;3-4H,1,5-6H2,2H3;3-8H,1H2,2H3;3-6H,1H2,2H3;;;;;;;;/q8*-1;;;;;;;;/b8-5+,13-4-;8-7+,12-6-;7-4+,11-6+;6-4+,10-5+;10-4+;9-4+;6-4+,7-5+;6-4+;;;;;;;;. The van der Waals surface area contributed by atoms with Crippen molar-refractivity contribution in [3.63, 3.8) is 0 Å². The third-order valence-electron chi connectivity index (χ3n) is 12.9. The molecule has 1 nitrogen and oxygen atoms in total. The molecule has 1 aromatic carbocycles. The van der Waals surface area contributed by atoms with Gasteiger partial charge in [-0.2, -0.15) is 227 Å². The molecule has 490 valence electrons. The summed E-state index contributed by atoms with van der Waals surface area (Å²) in [6.45, 7) is 49.8. The molecule has 6 aliphatic rings. The van der Waals surface area contributed by atoms with Crippen LogP contribution < -0.4 is 4.74 Å². The van der Waals surface area contributed by atoms with Crippen LogP contribution in [0.5, 0.6) is 5.75 Å². The molecule has 0 spiro atoms. The van der Waals surface area contributed by atoms with Crippen molar-refractivity contribution in [3.05, 3.63) is 375 Å². The Labute approximate surface area is 790 Å². The molecule has 0 atom stereocenters. The van der Waals surface area contributed by atoms with Gasteiger partial charge in [0.15, 0.2) is 0 Å². The van der Waals surface area contributed by atoms with Crippen LogP contribution in [-0.4, -0.2) is 0 Å². The van der Waals surface area contributed by atoms with Crippen molar-refractivity contribution < 1.29 is 266 Å². The fraction of sp³-hybridized carbons (Fsp3) is 0.264. The maximum atomic E-state index is 5.66. The van der Waals surface area contributed by atoms with E-state index < -0.39 is 0 Å². The monoisotopic (exact) mass is 1880 g/mol. The Morgan fingerprint density at radius 2 is 0.865 bits per heavy atom. The van der Waals surface area contributed by atoms with Gasteiger partial charge in [0.2, 0.25) is 0 Å². The van der Waals surface area contributed by atoms with E-state index in [4.69, 9.17) is 4.74 Å². The maximum Gasteiger partial charge on any atom is 0.0914 e. The van der Waals surface area contributed by atoms with Crippen LogP contribution in [0.4, 0.5) is 0 Å². The van der Waals surface area contributed by atoms with Crippen molar-refractivity contribution in [2.45, 2.75) is 146 Å². The average Bonchev–Trinajstić information content (AvgIpc) is 1.29. The summed E-state index contributed by atoms with van der Waals surface area (Å²) in [4.78, 5) is 0. The van der Waals surface area contributed by atoms with E-state index in [1.807, 2.05) is 175 Å². The molecule has 0 bridgehead atoms. The van der Waals surface area contributed by atoms with Gasteiger partial charge in [-0.3, -0.25) is 0 Å². The Morgan fingerprint density at radius 1 is 0.396 bits per heavy atom. The van der Waals surface area contributed by atoms with Gasteiger partial charge in [0.25, 0.3) is 0 Å². The Kier molecular flexibility index (Phi) is 95.0. The van der Waals surface area contributed by atoms with Crippen molar-refractivity contribution in [2.24, 2.45) is 5.41 Å². The van der Waals surface area contributed by atoms with E-state index >= 15 is 0 Å². The van der Waals surface area contributed by atoms with E-state index in [2.05, 4.69) is 178 Å². The van der Waals surface area contributed by atoms with Gasteiger partial charge in [0, 0.05) is 267 Å². The second-order valence-corrected chi connectivity index (χ2v) is 20.7. The van der Waals surface area contributed by atoms with Crippen molar-refractivity contribution in [1.29, 1.82) is 0 Å². The summed E-state index contributed by atoms with van der Waals surface area (Å²) in [7, 11) is 0. The van der Waals surface area contributed by atoms with Crippen molar-refractivity contribution in [2.75, 3.05) is 0 Å². The topological polar surface area (TPSA) is 9.23 Å². The molecule has 0 amide bonds. The number of ether oxygens (including phenoxy) is 1. The molecule has 0 aromatic heterocycles. The quantitative estimate of drug-likeness (QED) is 0.126. The molecule has 9 heteroatoms. The van der Waals surface area contributed by atoms with Crippen LogP contribution in [0.2, 0.25) is 0 Å². The Bertz CT molecular complexity index is 3070. The molecule has 0 saturated carbocycles. The SMILES string of the molecule is C=C/C=C/C1=[C-]/C(=C/C)Oc2ccccc21.C=C/C=C/C1=[C-]C(=C/C)/CC(C)(C)C1.C=C/C=C/[C-]=C/C=C/C.C=C/C=C1[C-]=C(/C=C/C)CC/1.C=C/C=C1[C-]=C(/C=C/C)CCC/1.C=CC1=[C-]/C(=C/C)CC1.C=CC1=[C-]/C(=C/C)CCC1.C=CC=[C-]/C=C/C.[Y].[Y].[Y].[Y].[Y].[Y].[Y].[Y].